The molecule has 0 fully saturated rings. The van der Waals surface area contributed by atoms with Crippen molar-refractivity contribution in [3.63, 3.8) is 0 Å². The fraction of sp³-hybridized carbons (Fsp3) is 0.800. The molecule has 0 rings (SSSR count). The van der Waals surface area contributed by atoms with E-state index in [0.717, 1.165) is 12.8 Å². The summed E-state index contributed by atoms with van der Waals surface area (Å²) in [5.74, 6) is -0.670. The second-order valence-electron chi connectivity index (χ2n) is 2.56. The van der Waals surface area contributed by atoms with E-state index < -0.39 is 5.97 Å². The predicted octanol–water partition coefficient (Wildman–Crippen LogP) is 0.276. The van der Waals surface area contributed by atoms with Gasteiger partial charge in [0.2, 0.25) is 0 Å². The summed E-state index contributed by atoms with van der Waals surface area (Å²) in [5, 5.41) is 8.27. The van der Waals surface area contributed by atoms with Crippen LogP contribution >= 0.6 is 0 Å². The van der Waals surface area contributed by atoms with Gasteiger partial charge < -0.3 is 12.0 Å². The van der Waals surface area contributed by atoms with Crippen molar-refractivity contribution in [1.29, 1.82) is 0 Å². The number of unbranched alkanes of at least 4 members (excludes halogenated alkanes) is 4. The summed E-state index contributed by atoms with van der Waals surface area (Å²) in [4.78, 5) is 10.0. The second kappa shape index (κ2) is 18.3. The van der Waals surface area contributed by atoms with E-state index in [4.69, 9.17) is 5.11 Å². The Balaban J connectivity index is -0.000000309. The molecule has 0 aromatic rings. The van der Waals surface area contributed by atoms with Gasteiger partial charge in [-0.25, -0.2) is 0 Å². The van der Waals surface area contributed by atoms with Crippen molar-refractivity contribution in [2.24, 2.45) is 0 Å². The number of carboxylic acid groups (broad SMARTS) is 1. The fourth-order valence-electron chi connectivity index (χ4n) is 0.880. The Morgan fingerprint density at radius 3 is 2.00 bits per heavy atom. The van der Waals surface area contributed by atoms with E-state index >= 15 is 0 Å². The zero-order valence-electron chi connectivity index (χ0n) is 9.31. The second-order valence-corrected chi connectivity index (χ2v) is 2.56. The van der Waals surface area contributed by atoms with Crippen LogP contribution in [0.1, 0.15) is 52.4 Å². The van der Waals surface area contributed by atoms with Crippen LogP contribution < -0.4 is 29.6 Å². The van der Waals surface area contributed by atoms with E-state index in [2.05, 4.69) is 13.8 Å². The van der Waals surface area contributed by atoms with E-state index in [1.165, 1.54) is 19.3 Å². The third-order valence-corrected chi connectivity index (χ3v) is 1.49. The first-order valence-corrected chi connectivity index (χ1v) is 4.70. The van der Waals surface area contributed by atoms with Crippen LogP contribution in [0.4, 0.5) is 0 Å². The maximum atomic E-state index is 10.0. The topological polar surface area (TPSA) is 37.3 Å². The van der Waals surface area contributed by atoms with E-state index in [0.29, 0.717) is 6.42 Å². The Labute approximate surface area is 104 Å². The number of rotatable bonds is 6. The van der Waals surface area contributed by atoms with Crippen LogP contribution in [0.2, 0.25) is 0 Å². The molecule has 3 heteroatoms. The summed E-state index contributed by atoms with van der Waals surface area (Å²) in [5.41, 5.74) is 0. The molecule has 0 aliphatic rings. The first kappa shape index (κ1) is 19.1. The number of hydrogen-bond donors (Lipinski definition) is 1. The monoisotopic (exact) mass is 196 g/mol. The number of carbonyl (C=O) groups is 1. The number of hydrogen-bond acceptors (Lipinski definition) is 1. The molecular weight excluding hydrogens is 175 g/mol. The Morgan fingerprint density at radius 2 is 1.62 bits per heavy atom. The molecule has 0 spiro atoms. The molecule has 0 saturated heterocycles. The van der Waals surface area contributed by atoms with Crippen LogP contribution in [0.25, 0.3) is 0 Å². The molecule has 0 bridgehead atoms. The minimum absolute atomic E-state index is 0. The number of aliphatic carboxylic acids is 1. The van der Waals surface area contributed by atoms with Gasteiger partial charge >= 0.3 is 35.5 Å². The Bertz CT molecular complexity index is 94.9. The Hall–Kier alpha value is 0.470. The average Bonchev–Trinajstić information content (AvgIpc) is 2.07. The summed E-state index contributed by atoms with van der Waals surface area (Å²) in [6, 6.07) is 0. The first-order valence-electron chi connectivity index (χ1n) is 4.70. The molecule has 13 heavy (non-hydrogen) atoms. The SMILES string of the molecule is CCCCCCCC(=O)O.[CH2-]C.[Na+]. The third kappa shape index (κ3) is 24.5. The first-order chi connectivity index (χ1) is 5.77. The zero-order chi connectivity index (χ0) is 9.82. The van der Waals surface area contributed by atoms with Gasteiger partial charge in [0.25, 0.3) is 0 Å². The third-order valence-electron chi connectivity index (χ3n) is 1.49. The molecule has 74 valence electrons. The summed E-state index contributed by atoms with van der Waals surface area (Å²) in [6.07, 6.45) is 5.88. The minimum Gasteiger partial charge on any atom is -0.481 e. The van der Waals surface area contributed by atoms with Crippen molar-refractivity contribution >= 4 is 5.97 Å². The largest absolute Gasteiger partial charge is 1.00 e. The Kier molecular flexibility index (Phi) is 26.9. The maximum Gasteiger partial charge on any atom is 1.00 e. The zero-order valence-corrected chi connectivity index (χ0v) is 11.3. The predicted molar refractivity (Wildman–Crippen MR) is 52.0 cm³/mol. The molecule has 0 radical (unpaired) electrons. The average molecular weight is 196 g/mol. The summed E-state index contributed by atoms with van der Waals surface area (Å²) < 4.78 is 0. The van der Waals surface area contributed by atoms with Gasteiger partial charge in [-0.1, -0.05) is 32.6 Å². The maximum absolute atomic E-state index is 10.0. The smallest absolute Gasteiger partial charge is 0.481 e. The molecule has 0 aliphatic heterocycles. The van der Waals surface area contributed by atoms with Crippen molar-refractivity contribution < 1.29 is 39.5 Å². The van der Waals surface area contributed by atoms with Crippen molar-refractivity contribution in [3.05, 3.63) is 6.92 Å². The van der Waals surface area contributed by atoms with Crippen LogP contribution in [-0.2, 0) is 4.79 Å². The molecule has 2 nitrogen and oxygen atoms in total. The summed E-state index contributed by atoms with van der Waals surface area (Å²) in [6.45, 7) is 7.15. The molecule has 0 atom stereocenters. The van der Waals surface area contributed by atoms with Crippen LogP contribution in [0.5, 0.6) is 0 Å². The van der Waals surface area contributed by atoms with E-state index in [1.807, 2.05) is 0 Å². The summed E-state index contributed by atoms with van der Waals surface area (Å²) in [7, 11) is 0. The molecule has 0 unspecified atom stereocenters. The van der Waals surface area contributed by atoms with Gasteiger partial charge in [-0.15, -0.1) is 0 Å². The van der Waals surface area contributed by atoms with Crippen LogP contribution in [0.3, 0.4) is 0 Å². The van der Waals surface area contributed by atoms with Crippen LogP contribution in [0, 0.1) is 6.92 Å². The van der Waals surface area contributed by atoms with E-state index in [9.17, 15) is 4.79 Å². The van der Waals surface area contributed by atoms with Crippen LogP contribution in [0.15, 0.2) is 0 Å². The van der Waals surface area contributed by atoms with E-state index in [-0.39, 0.29) is 29.6 Å². The standard InChI is InChI=1S/C8H16O2.C2H5.Na/c1-2-3-4-5-6-7-8(9)10;1-2;/h2-7H2,1H3,(H,9,10);1H2,2H3;/q;-1;+1. The molecule has 0 heterocycles. The van der Waals surface area contributed by atoms with Gasteiger partial charge in [0.1, 0.15) is 0 Å². The van der Waals surface area contributed by atoms with Crippen molar-refractivity contribution in [3.8, 4) is 0 Å². The van der Waals surface area contributed by atoms with Crippen molar-refractivity contribution in [2.75, 3.05) is 0 Å². The van der Waals surface area contributed by atoms with Crippen molar-refractivity contribution in [1.82, 2.24) is 0 Å². The van der Waals surface area contributed by atoms with Gasteiger partial charge in [-0.2, -0.15) is 6.92 Å². The summed E-state index contributed by atoms with van der Waals surface area (Å²) >= 11 is 0. The van der Waals surface area contributed by atoms with Gasteiger partial charge in [-0.05, 0) is 6.42 Å². The number of carboxylic acids is 1. The fourth-order valence-corrected chi connectivity index (χ4v) is 0.880. The molecule has 0 amide bonds. The van der Waals surface area contributed by atoms with Crippen molar-refractivity contribution in [2.45, 2.75) is 52.4 Å². The van der Waals surface area contributed by atoms with Gasteiger partial charge in [0, 0.05) is 6.42 Å². The van der Waals surface area contributed by atoms with E-state index in [1.54, 1.807) is 6.92 Å². The van der Waals surface area contributed by atoms with Gasteiger partial charge in [-0.3, -0.25) is 4.79 Å². The molecule has 0 aromatic heterocycles. The molecule has 0 saturated carbocycles. The molecule has 0 aliphatic carbocycles. The molecule has 0 aromatic carbocycles. The normalized spacial score (nSPS) is 7.92. The van der Waals surface area contributed by atoms with Gasteiger partial charge in [0.05, 0.1) is 0 Å². The molecular formula is C10H21NaO2. The quantitative estimate of drug-likeness (QED) is 0.376. The Morgan fingerprint density at radius 1 is 1.15 bits per heavy atom. The molecule has 1 N–H and O–H groups in total. The van der Waals surface area contributed by atoms with Gasteiger partial charge in [0.15, 0.2) is 0 Å². The van der Waals surface area contributed by atoms with Crippen LogP contribution in [-0.4, -0.2) is 11.1 Å². The minimum atomic E-state index is -0.670.